The number of aryl methyl sites for hydroxylation is 1. The molecule has 49 heavy (non-hydrogen) atoms. The number of amides is 2. The number of hydrogen-bond acceptors (Lipinski definition) is 7. The lowest BCUT2D eigenvalue weighted by Crippen LogP contribution is -2.38. The fraction of sp³-hybridized carbons (Fsp3) is 0.568. The fourth-order valence-electron chi connectivity index (χ4n) is 8.23. The van der Waals surface area contributed by atoms with E-state index in [9.17, 15) is 22.8 Å². The average Bonchev–Trinajstić information content (AvgIpc) is 3.80. The van der Waals surface area contributed by atoms with E-state index in [2.05, 4.69) is 14.5 Å². The number of ether oxygens (including phenoxy) is 1. The highest BCUT2D eigenvalue weighted by atomic mass is 32.1. The van der Waals surface area contributed by atoms with Gasteiger partial charge in [0.2, 0.25) is 0 Å². The quantitative estimate of drug-likeness (QED) is 0.258. The number of fused-ring (bicyclic) bond motifs is 1. The summed E-state index contributed by atoms with van der Waals surface area (Å²) in [7, 11) is 0. The van der Waals surface area contributed by atoms with Gasteiger partial charge in [0.25, 0.3) is 5.91 Å². The Kier molecular flexibility index (Phi) is 8.57. The van der Waals surface area contributed by atoms with Gasteiger partial charge in [0, 0.05) is 53.1 Å². The Morgan fingerprint density at radius 1 is 1.06 bits per heavy atom. The number of carbonyl (C=O) groups excluding carboxylic acids is 2. The molecule has 0 bridgehead atoms. The molecule has 2 amide bonds. The molecule has 3 fully saturated rings. The number of halogens is 3. The van der Waals surface area contributed by atoms with Gasteiger partial charge >= 0.3 is 12.3 Å². The lowest BCUT2D eigenvalue weighted by atomic mass is 9.71. The van der Waals surface area contributed by atoms with Crippen LogP contribution in [0.25, 0.3) is 0 Å². The molecule has 2 saturated heterocycles. The van der Waals surface area contributed by atoms with Crippen molar-refractivity contribution < 1.29 is 27.5 Å². The van der Waals surface area contributed by atoms with Crippen LogP contribution in [0.4, 0.5) is 23.7 Å². The molecule has 1 aromatic heterocycles. The summed E-state index contributed by atoms with van der Waals surface area (Å²) in [4.78, 5) is 33.2. The Hall–Kier alpha value is -3.51. The first-order valence-electron chi connectivity index (χ1n) is 17.3. The van der Waals surface area contributed by atoms with Gasteiger partial charge in [-0.2, -0.15) is 13.2 Å². The van der Waals surface area contributed by atoms with Crippen LogP contribution in [0.5, 0.6) is 0 Å². The van der Waals surface area contributed by atoms with Crippen LogP contribution >= 0.6 is 11.5 Å². The summed E-state index contributed by atoms with van der Waals surface area (Å²) in [5.41, 5.74) is 1.69. The normalized spacial score (nSPS) is 22.9. The smallest absolute Gasteiger partial charge is 0.416 e. The van der Waals surface area contributed by atoms with Crippen LogP contribution in [0.15, 0.2) is 36.4 Å². The number of hydrogen-bond donors (Lipinski definition) is 0. The minimum Gasteiger partial charge on any atom is -0.444 e. The molecule has 1 spiro atoms. The van der Waals surface area contributed by atoms with E-state index in [0.717, 1.165) is 48.2 Å². The number of rotatable bonds is 6. The maximum absolute atomic E-state index is 14.7. The van der Waals surface area contributed by atoms with Crippen molar-refractivity contribution in [3.63, 3.8) is 0 Å². The maximum atomic E-state index is 14.7. The van der Waals surface area contributed by atoms with Crippen LogP contribution in [-0.4, -0.2) is 63.2 Å². The van der Waals surface area contributed by atoms with Crippen molar-refractivity contribution in [3.8, 4) is 0 Å². The Labute approximate surface area is 289 Å². The van der Waals surface area contributed by atoms with E-state index in [1.54, 1.807) is 17.0 Å². The van der Waals surface area contributed by atoms with Crippen LogP contribution in [0.3, 0.4) is 0 Å². The molecule has 1 unspecified atom stereocenters. The minimum absolute atomic E-state index is 0.0237. The Bertz CT molecular complexity index is 1770. The van der Waals surface area contributed by atoms with Gasteiger partial charge in [0.15, 0.2) is 0 Å². The molecule has 4 heterocycles. The standard InChI is InChI=1S/C37H44F3N5O3S/c1-22(43-14-12-36(20-43)13-15-44(21-36)34(47)48-35(3,4)5)26-17-28-29(30(18-26)37(38,39)40)19-45(33(28)46)27-11-7-10-25(16-27)31(24-8-6-9-24)32-23(2)49-42-41-32/h7,10-11,16-18,22,24,31H,6,8-9,12-15,19-21H2,1-5H3/t22?,31-,36+/m1/s1. The number of aromatic nitrogens is 2. The molecule has 12 heteroatoms. The summed E-state index contributed by atoms with van der Waals surface area (Å²) in [6.07, 6.45) is 0.0305. The molecule has 7 rings (SSSR count). The highest BCUT2D eigenvalue weighted by molar-refractivity contribution is 7.05. The predicted octanol–water partition coefficient (Wildman–Crippen LogP) is 8.35. The summed E-state index contributed by atoms with van der Waals surface area (Å²) >= 11 is 1.37. The molecule has 8 nitrogen and oxygen atoms in total. The van der Waals surface area contributed by atoms with E-state index >= 15 is 0 Å². The summed E-state index contributed by atoms with van der Waals surface area (Å²) in [5.74, 6) is 0.0326. The van der Waals surface area contributed by atoms with Crippen molar-refractivity contribution in [1.29, 1.82) is 0 Å². The maximum Gasteiger partial charge on any atom is 0.416 e. The third kappa shape index (κ3) is 6.46. The van der Waals surface area contributed by atoms with Crippen LogP contribution in [0, 0.1) is 18.3 Å². The number of benzene rings is 2. The lowest BCUT2D eigenvalue weighted by Gasteiger charge is -2.34. The zero-order valence-corrected chi connectivity index (χ0v) is 29.6. The summed E-state index contributed by atoms with van der Waals surface area (Å²) in [6, 6.07) is 10.2. The SMILES string of the molecule is Cc1snnc1[C@@H](c1cccc(N2Cc3c(cc(C(C)N4CC[C@]5(CCN(C(=O)OC(C)(C)C)C5)C4)cc3C(F)(F)F)C2=O)c1)C1CCC1. The molecule has 0 N–H and O–H groups in total. The van der Waals surface area contributed by atoms with Gasteiger partial charge in [-0.25, -0.2) is 4.79 Å². The lowest BCUT2D eigenvalue weighted by molar-refractivity contribution is -0.138. The highest BCUT2D eigenvalue weighted by Crippen LogP contribution is 2.47. The molecular formula is C37H44F3N5O3S. The molecule has 3 aliphatic heterocycles. The average molecular weight is 696 g/mol. The van der Waals surface area contributed by atoms with E-state index < -0.39 is 23.2 Å². The van der Waals surface area contributed by atoms with Gasteiger partial charge < -0.3 is 14.5 Å². The van der Waals surface area contributed by atoms with Gasteiger partial charge in [0.05, 0.1) is 17.8 Å². The summed E-state index contributed by atoms with van der Waals surface area (Å²) < 4.78 is 53.8. The van der Waals surface area contributed by atoms with Crippen LogP contribution < -0.4 is 4.90 Å². The zero-order valence-electron chi connectivity index (χ0n) is 28.8. The van der Waals surface area contributed by atoms with E-state index in [-0.39, 0.29) is 41.1 Å². The van der Waals surface area contributed by atoms with E-state index in [1.165, 1.54) is 22.5 Å². The van der Waals surface area contributed by atoms with Crippen LogP contribution in [0.1, 0.15) is 115 Å². The van der Waals surface area contributed by atoms with Gasteiger partial charge in [-0.3, -0.25) is 9.69 Å². The highest BCUT2D eigenvalue weighted by Gasteiger charge is 2.47. The second kappa shape index (κ2) is 12.4. The Balaban J connectivity index is 1.13. The molecule has 1 saturated carbocycles. The number of carbonyl (C=O) groups is 2. The van der Waals surface area contributed by atoms with Crippen molar-refractivity contribution in [2.45, 2.75) is 97.0 Å². The molecule has 1 aliphatic carbocycles. The van der Waals surface area contributed by atoms with Gasteiger partial charge in [-0.1, -0.05) is 23.0 Å². The Morgan fingerprint density at radius 3 is 2.47 bits per heavy atom. The fourth-order valence-corrected chi connectivity index (χ4v) is 8.74. The zero-order chi connectivity index (χ0) is 34.9. The van der Waals surface area contributed by atoms with E-state index in [0.29, 0.717) is 43.3 Å². The molecule has 4 aliphatic rings. The van der Waals surface area contributed by atoms with Gasteiger partial charge in [0.1, 0.15) is 5.60 Å². The van der Waals surface area contributed by atoms with Gasteiger partial charge in [-0.15, -0.1) is 5.10 Å². The number of nitrogens with zero attached hydrogens (tertiary/aromatic N) is 5. The Morgan fingerprint density at radius 2 is 1.82 bits per heavy atom. The summed E-state index contributed by atoms with van der Waals surface area (Å²) in [6.45, 7) is 11.8. The van der Waals surface area contributed by atoms with Crippen molar-refractivity contribution in [2.24, 2.45) is 11.3 Å². The van der Waals surface area contributed by atoms with Crippen LogP contribution in [-0.2, 0) is 17.5 Å². The van der Waals surface area contributed by atoms with Crippen molar-refractivity contribution in [1.82, 2.24) is 19.4 Å². The molecule has 0 radical (unpaired) electrons. The first-order valence-corrected chi connectivity index (χ1v) is 18.1. The number of anilines is 1. The van der Waals surface area contributed by atoms with E-state index in [4.69, 9.17) is 4.74 Å². The largest absolute Gasteiger partial charge is 0.444 e. The summed E-state index contributed by atoms with van der Waals surface area (Å²) in [5, 5.41) is 4.45. The van der Waals surface area contributed by atoms with Crippen molar-refractivity contribution in [3.05, 3.63) is 74.8 Å². The minimum atomic E-state index is -4.62. The second-order valence-corrected chi connectivity index (χ2v) is 16.5. The molecule has 3 atom stereocenters. The third-order valence-electron chi connectivity index (χ3n) is 11.1. The molecular weight excluding hydrogens is 652 g/mol. The first kappa shape index (κ1) is 34.0. The van der Waals surface area contributed by atoms with Gasteiger partial charge in [-0.05, 0) is 125 Å². The topological polar surface area (TPSA) is 78.9 Å². The molecule has 2 aromatic carbocycles. The third-order valence-corrected chi connectivity index (χ3v) is 11.7. The second-order valence-electron chi connectivity index (χ2n) is 15.5. The first-order chi connectivity index (χ1) is 23.1. The van der Waals surface area contributed by atoms with Crippen molar-refractivity contribution >= 4 is 29.2 Å². The van der Waals surface area contributed by atoms with Crippen LogP contribution in [0.2, 0.25) is 0 Å². The number of alkyl halides is 3. The number of likely N-dealkylation sites (tertiary alicyclic amines) is 2. The predicted molar refractivity (Wildman–Crippen MR) is 182 cm³/mol. The van der Waals surface area contributed by atoms with E-state index in [1.807, 2.05) is 52.8 Å². The van der Waals surface area contributed by atoms with Crippen molar-refractivity contribution in [2.75, 3.05) is 31.1 Å². The monoisotopic (exact) mass is 695 g/mol. The molecule has 262 valence electrons. The molecule has 3 aromatic rings.